The van der Waals surface area contributed by atoms with Crippen molar-refractivity contribution in [2.75, 3.05) is 5.73 Å². The highest BCUT2D eigenvalue weighted by atomic mass is 16.6. The average Bonchev–Trinajstić information content (AvgIpc) is 2.32. The first-order valence-electron chi connectivity index (χ1n) is 5.21. The number of pyridine rings is 1. The SMILES string of the molecule is Cc1ccc(Oc2cccc(N)c2[N+](=O)[O-])cn1. The summed E-state index contributed by atoms with van der Waals surface area (Å²) in [4.78, 5) is 14.4. The van der Waals surface area contributed by atoms with Crippen molar-refractivity contribution in [1.82, 2.24) is 4.98 Å². The maximum Gasteiger partial charge on any atom is 0.334 e. The van der Waals surface area contributed by atoms with Crippen LogP contribution in [0.25, 0.3) is 0 Å². The van der Waals surface area contributed by atoms with Crippen LogP contribution in [-0.2, 0) is 0 Å². The van der Waals surface area contributed by atoms with Crippen molar-refractivity contribution in [2.24, 2.45) is 0 Å². The monoisotopic (exact) mass is 245 g/mol. The number of anilines is 1. The molecule has 0 aliphatic carbocycles. The molecule has 0 fully saturated rings. The lowest BCUT2D eigenvalue weighted by atomic mass is 10.2. The van der Waals surface area contributed by atoms with Crippen LogP contribution in [0.1, 0.15) is 5.69 Å². The van der Waals surface area contributed by atoms with Gasteiger partial charge in [0.25, 0.3) is 0 Å². The number of nitro benzene ring substituents is 1. The number of nitrogens with zero attached hydrogens (tertiary/aromatic N) is 2. The number of nitrogen functional groups attached to an aromatic ring is 1. The molecule has 0 aliphatic rings. The van der Waals surface area contributed by atoms with Crippen LogP contribution in [0.15, 0.2) is 36.5 Å². The van der Waals surface area contributed by atoms with Gasteiger partial charge in [0.2, 0.25) is 5.75 Å². The Balaban J connectivity index is 2.37. The fourth-order valence-corrected chi connectivity index (χ4v) is 1.46. The number of nitrogens with two attached hydrogens (primary N) is 1. The van der Waals surface area contributed by atoms with Gasteiger partial charge in [-0.15, -0.1) is 0 Å². The molecule has 92 valence electrons. The van der Waals surface area contributed by atoms with Crippen molar-refractivity contribution < 1.29 is 9.66 Å². The van der Waals surface area contributed by atoms with E-state index in [0.29, 0.717) is 5.75 Å². The minimum Gasteiger partial charge on any atom is -0.448 e. The zero-order valence-electron chi connectivity index (χ0n) is 9.66. The Morgan fingerprint density at radius 3 is 2.72 bits per heavy atom. The van der Waals surface area contributed by atoms with Gasteiger partial charge in [0.1, 0.15) is 11.4 Å². The van der Waals surface area contributed by atoms with E-state index in [1.165, 1.54) is 18.3 Å². The molecule has 0 amide bonds. The van der Waals surface area contributed by atoms with E-state index >= 15 is 0 Å². The molecule has 6 nitrogen and oxygen atoms in total. The molecule has 0 saturated carbocycles. The summed E-state index contributed by atoms with van der Waals surface area (Å²) >= 11 is 0. The summed E-state index contributed by atoms with van der Waals surface area (Å²) in [5, 5.41) is 10.9. The highest BCUT2D eigenvalue weighted by molar-refractivity contribution is 5.66. The van der Waals surface area contributed by atoms with Crippen LogP contribution in [0.4, 0.5) is 11.4 Å². The lowest BCUT2D eigenvalue weighted by Gasteiger charge is -2.07. The van der Waals surface area contributed by atoms with Crippen LogP contribution in [0.2, 0.25) is 0 Å². The van der Waals surface area contributed by atoms with Crippen LogP contribution < -0.4 is 10.5 Å². The van der Waals surface area contributed by atoms with Crippen molar-refractivity contribution in [1.29, 1.82) is 0 Å². The van der Waals surface area contributed by atoms with Crippen LogP contribution in [-0.4, -0.2) is 9.91 Å². The van der Waals surface area contributed by atoms with Crippen LogP contribution in [0, 0.1) is 17.0 Å². The molecule has 0 aliphatic heterocycles. The third-order valence-corrected chi connectivity index (χ3v) is 2.32. The number of aromatic nitrogens is 1. The van der Waals surface area contributed by atoms with Gasteiger partial charge in [0.05, 0.1) is 11.1 Å². The summed E-state index contributed by atoms with van der Waals surface area (Å²) in [6.07, 6.45) is 1.50. The van der Waals surface area contributed by atoms with E-state index in [1.807, 2.05) is 6.92 Å². The van der Waals surface area contributed by atoms with Crippen molar-refractivity contribution >= 4 is 11.4 Å². The first-order chi connectivity index (χ1) is 8.58. The van der Waals surface area contributed by atoms with E-state index in [2.05, 4.69) is 4.98 Å². The topological polar surface area (TPSA) is 91.3 Å². The fourth-order valence-electron chi connectivity index (χ4n) is 1.46. The normalized spacial score (nSPS) is 10.1. The Labute approximate surface area is 103 Å². The minimum absolute atomic E-state index is 0.0672. The molecule has 0 radical (unpaired) electrons. The van der Waals surface area contributed by atoms with Gasteiger partial charge in [-0.1, -0.05) is 6.07 Å². The molecule has 0 spiro atoms. The van der Waals surface area contributed by atoms with Crippen LogP contribution in [0.3, 0.4) is 0 Å². The molecule has 1 heterocycles. The Bertz CT molecular complexity index is 582. The molecular weight excluding hydrogens is 234 g/mol. The van der Waals surface area contributed by atoms with E-state index in [-0.39, 0.29) is 17.1 Å². The molecule has 0 bridgehead atoms. The minimum atomic E-state index is -0.563. The molecule has 6 heteroatoms. The van der Waals surface area contributed by atoms with Gasteiger partial charge in [-0.3, -0.25) is 15.1 Å². The molecule has 18 heavy (non-hydrogen) atoms. The van der Waals surface area contributed by atoms with Gasteiger partial charge in [0, 0.05) is 5.69 Å². The maximum atomic E-state index is 10.9. The first kappa shape index (κ1) is 11.8. The van der Waals surface area contributed by atoms with Gasteiger partial charge in [-0.25, -0.2) is 0 Å². The predicted molar refractivity (Wildman–Crippen MR) is 66.6 cm³/mol. The van der Waals surface area contributed by atoms with Crippen molar-refractivity contribution in [3.05, 3.63) is 52.3 Å². The molecule has 0 atom stereocenters. The van der Waals surface area contributed by atoms with Gasteiger partial charge in [-0.05, 0) is 31.2 Å². The van der Waals surface area contributed by atoms with E-state index in [1.54, 1.807) is 18.2 Å². The van der Waals surface area contributed by atoms with Gasteiger partial charge < -0.3 is 10.5 Å². The standard InChI is InChI=1S/C12H11N3O3/c1-8-5-6-9(7-14-8)18-11-4-2-3-10(13)12(11)15(16)17/h2-7H,13H2,1H3. The number of nitro groups is 1. The quantitative estimate of drug-likeness (QED) is 0.510. The van der Waals surface area contributed by atoms with Crippen molar-refractivity contribution in [3.8, 4) is 11.5 Å². The molecule has 1 aromatic carbocycles. The second kappa shape index (κ2) is 4.70. The van der Waals surface area contributed by atoms with Crippen LogP contribution in [0.5, 0.6) is 11.5 Å². The lowest BCUT2D eigenvalue weighted by Crippen LogP contribution is -1.98. The van der Waals surface area contributed by atoms with Crippen molar-refractivity contribution in [2.45, 2.75) is 6.92 Å². The number of hydrogen-bond acceptors (Lipinski definition) is 5. The van der Waals surface area contributed by atoms with E-state index in [0.717, 1.165) is 5.69 Å². The van der Waals surface area contributed by atoms with E-state index in [4.69, 9.17) is 10.5 Å². The summed E-state index contributed by atoms with van der Waals surface area (Å²) < 4.78 is 5.42. The van der Waals surface area contributed by atoms with Gasteiger partial charge in [0.15, 0.2) is 0 Å². The fraction of sp³-hybridized carbons (Fsp3) is 0.0833. The number of hydrogen-bond donors (Lipinski definition) is 1. The van der Waals surface area contributed by atoms with Crippen molar-refractivity contribution in [3.63, 3.8) is 0 Å². The first-order valence-corrected chi connectivity index (χ1v) is 5.21. The molecule has 2 aromatic rings. The lowest BCUT2D eigenvalue weighted by molar-refractivity contribution is -0.384. The number of para-hydroxylation sites is 1. The summed E-state index contributed by atoms with van der Waals surface area (Å²) in [7, 11) is 0. The largest absolute Gasteiger partial charge is 0.448 e. The number of aryl methyl sites for hydroxylation is 1. The summed E-state index contributed by atoms with van der Waals surface area (Å²) in [5.41, 5.74) is 6.23. The zero-order valence-corrected chi connectivity index (χ0v) is 9.66. The van der Waals surface area contributed by atoms with Gasteiger partial charge >= 0.3 is 5.69 Å². The van der Waals surface area contributed by atoms with Crippen LogP contribution >= 0.6 is 0 Å². The Morgan fingerprint density at radius 2 is 2.11 bits per heavy atom. The third kappa shape index (κ3) is 2.37. The highest BCUT2D eigenvalue weighted by Crippen LogP contribution is 2.35. The molecule has 1 aromatic heterocycles. The Kier molecular flexibility index (Phi) is 3.09. The third-order valence-electron chi connectivity index (χ3n) is 2.32. The molecule has 0 saturated heterocycles. The van der Waals surface area contributed by atoms with Gasteiger partial charge in [-0.2, -0.15) is 0 Å². The zero-order chi connectivity index (χ0) is 13.1. The molecular formula is C12H11N3O3. The second-order valence-corrected chi connectivity index (χ2v) is 3.69. The highest BCUT2D eigenvalue weighted by Gasteiger charge is 2.19. The number of benzene rings is 1. The average molecular weight is 245 g/mol. The summed E-state index contributed by atoms with van der Waals surface area (Å²) in [6.45, 7) is 1.84. The molecule has 2 N–H and O–H groups in total. The Hall–Kier alpha value is -2.63. The smallest absolute Gasteiger partial charge is 0.334 e. The molecule has 0 unspecified atom stereocenters. The van der Waals surface area contributed by atoms with E-state index < -0.39 is 4.92 Å². The summed E-state index contributed by atoms with van der Waals surface area (Å²) in [5.74, 6) is 0.528. The number of ether oxygens (including phenoxy) is 1. The summed E-state index contributed by atoms with van der Waals surface area (Å²) in [6, 6.07) is 7.99. The predicted octanol–water partition coefficient (Wildman–Crippen LogP) is 2.67. The maximum absolute atomic E-state index is 10.9. The Morgan fingerprint density at radius 1 is 1.33 bits per heavy atom. The second-order valence-electron chi connectivity index (χ2n) is 3.69. The van der Waals surface area contributed by atoms with E-state index in [9.17, 15) is 10.1 Å². The molecule has 2 rings (SSSR count). The number of rotatable bonds is 3.